The molecule has 2 aromatic rings. The second-order valence-corrected chi connectivity index (χ2v) is 6.96. The normalized spacial score (nSPS) is 12.2. The van der Waals surface area contributed by atoms with Crippen molar-refractivity contribution in [3.8, 4) is 0 Å². The van der Waals surface area contributed by atoms with Gasteiger partial charge in [-0.15, -0.1) is 10.2 Å². The summed E-state index contributed by atoms with van der Waals surface area (Å²) in [4.78, 5) is 11.9. The first-order valence-corrected chi connectivity index (χ1v) is 7.73. The third-order valence-corrected chi connectivity index (χ3v) is 4.56. The van der Waals surface area contributed by atoms with Gasteiger partial charge in [0.15, 0.2) is 4.34 Å². The zero-order valence-electron chi connectivity index (χ0n) is 11.1. The first kappa shape index (κ1) is 14.9. The first-order valence-electron chi connectivity index (χ1n) is 6.03. The summed E-state index contributed by atoms with van der Waals surface area (Å²) < 4.78 is 13.5. The maximum atomic E-state index is 12.8. The van der Waals surface area contributed by atoms with Gasteiger partial charge in [0.05, 0.1) is 5.25 Å². The van der Waals surface area contributed by atoms with Gasteiger partial charge in [0.25, 0.3) is 0 Å². The second kappa shape index (κ2) is 6.81. The minimum absolute atomic E-state index is 0.0767. The number of thioether (sulfide) groups is 1. The third kappa shape index (κ3) is 4.28. The van der Waals surface area contributed by atoms with Crippen molar-refractivity contribution in [2.75, 3.05) is 0 Å². The van der Waals surface area contributed by atoms with E-state index in [2.05, 4.69) is 15.5 Å². The first-order chi connectivity index (χ1) is 9.54. The van der Waals surface area contributed by atoms with E-state index in [0.717, 1.165) is 14.9 Å². The Morgan fingerprint density at radius 3 is 2.70 bits per heavy atom. The lowest BCUT2D eigenvalue weighted by atomic mass is 10.2. The van der Waals surface area contributed by atoms with Crippen LogP contribution in [0.5, 0.6) is 0 Å². The molecule has 106 valence electrons. The quantitative estimate of drug-likeness (QED) is 0.863. The van der Waals surface area contributed by atoms with Gasteiger partial charge in [0, 0.05) is 6.54 Å². The van der Waals surface area contributed by atoms with Crippen molar-refractivity contribution in [1.82, 2.24) is 15.5 Å². The number of benzene rings is 1. The van der Waals surface area contributed by atoms with Crippen LogP contribution in [0.25, 0.3) is 0 Å². The molecule has 20 heavy (non-hydrogen) atoms. The Hall–Kier alpha value is -1.47. The molecule has 1 amide bonds. The predicted molar refractivity (Wildman–Crippen MR) is 78.2 cm³/mol. The summed E-state index contributed by atoms with van der Waals surface area (Å²) in [6, 6.07) is 6.07. The van der Waals surface area contributed by atoms with Crippen LogP contribution in [0.4, 0.5) is 4.39 Å². The molecule has 0 saturated carbocycles. The number of amides is 1. The van der Waals surface area contributed by atoms with Gasteiger partial charge in [-0.05, 0) is 31.5 Å². The summed E-state index contributed by atoms with van der Waals surface area (Å²) in [5.74, 6) is -0.359. The van der Waals surface area contributed by atoms with Gasteiger partial charge in [-0.2, -0.15) is 0 Å². The number of rotatable bonds is 5. The van der Waals surface area contributed by atoms with Crippen molar-refractivity contribution in [2.24, 2.45) is 0 Å². The monoisotopic (exact) mass is 311 g/mol. The van der Waals surface area contributed by atoms with Crippen molar-refractivity contribution in [3.05, 3.63) is 40.7 Å². The maximum Gasteiger partial charge on any atom is 0.233 e. The lowest BCUT2D eigenvalue weighted by Crippen LogP contribution is -2.30. The van der Waals surface area contributed by atoms with Crippen LogP contribution in [-0.2, 0) is 11.3 Å². The number of halogens is 1. The van der Waals surface area contributed by atoms with Crippen molar-refractivity contribution in [1.29, 1.82) is 0 Å². The van der Waals surface area contributed by atoms with Crippen LogP contribution in [0.2, 0.25) is 0 Å². The van der Waals surface area contributed by atoms with Crippen LogP contribution in [-0.4, -0.2) is 21.4 Å². The number of nitrogens with one attached hydrogen (secondary N) is 1. The van der Waals surface area contributed by atoms with E-state index in [4.69, 9.17) is 0 Å². The van der Waals surface area contributed by atoms with Gasteiger partial charge < -0.3 is 5.32 Å². The highest BCUT2D eigenvalue weighted by Gasteiger charge is 2.16. The minimum Gasteiger partial charge on any atom is -0.351 e. The molecule has 0 saturated heterocycles. The molecule has 0 fully saturated rings. The molecule has 1 aromatic carbocycles. The molecular formula is C13H14FN3OS2. The van der Waals surface area contributed by atoms with Crippen molar-refractivity contribution in [2.45, 2.75) is 30.0 Å². The van der Waals surface area contributed by atoms with Crippen LogP contribution >= 0.6 is 23.1 Å². The van der Waals surface area contributed by atoms with E-state index < -0.39 is 0 Å². The number of carbonyl (C=O) groups excluding carboxylic acids is 1. The Balaban J connectivity index is 1.83. The fourth-order valence-electron chi connectivity index (χ4n) is 1.47. The number of aryl methyl sites for hydroxylation is 1. The van der Waals surface area contributed by atoms with Crippen LogP contribution in [0.3, 0.4) is 0 Å². The fraction of sp³-hybridized carbons (Fsp3) is 0.308. The van der Waals surface area contributed by atoms with Gasteiger partial charge in [-0.1, -0.05) is 35.2 Å². The summed E-state index contributed by atoms with van der Waals surface area (Å²) in [5.41, 5.74) is 0.865. The molecule has 0 aliphatic carbocycles. The van der Waals surface area contributed by atoms with Crippen molar-refractivity contribution >= 4 is 29.0 Å². The molecule has 0 spiro atoms. The Morgan fingerprint density at radius 1 is 1.40 bits per heavy atom. The highest BCUT2D eigenvalue weighted by molar-refractivity contribution is 8.02. The molecule has 1 heterocycles. The lowest BCUT2D eigenvalue weighted by Gasteiger charge is -2.10. The van der Waals surface area contributed by atoms with E-state index in [9.17, 15) is 9.18 Å². The largest absolute Gasteiger partial charge is 0.351 e. The Bertz CT molecular complexity index is 586. The highest BCUT2D eigenvalue weighted by atomic mass is 32.2. The Morgan fingerprint density at radius 2 is 2.10 bits per heavy atom. The average Bonchev–Trinajstić information content (AvgIpc) is 2.83. The Kier molecular flexibility index (Phi) is 5.08. The van der Waals surface area contributed by atoms with E-state index in [1.54, 1.807) is 12.1 Å². The molecular weight excluding hydrogens is 297 g/mol. The highest BCUT2D eigenvalue weighted by Crippen LogP contribution is 2.26. The molecule has 1 atom stereocenters. The fourth-order valence-corrected chi connectivity index (χ4v) is 3.45. The van der Waals surface area contributed by atoms with E-state index in [-0.39, 0.29) is 17.0 Å². The van der Waals surface area contributed by atoms with Gasteiger partial charge in [0.1, 0.15) is 10.8 Å². The van der Waals surface area contributed by atoms with Crippen LogP contribution < -0.4 is 5.32 Å². The smallest absolute Gasteiger partial charge is 0.233 e. The topological polar surface area (TPSA) is 54.9 Å². The van der Waals surface area contributed by atoms with Gasteiger partial charge in [-0.25, -0.2) is 4.39 Å². The molecule has 0 bridgehead atoms. The molecule has 7 heteroatoms. The number of hydrogen-bond donors (Lipinski definition) is 1. The Labute approximate surface area is 124 Å². The lowest BCUT2D eigenvalue weighted by molar-refractivity contribution is -0.120. The predicted octanol–water partition coefficient (Wildman–Crippen LogP) is 2.78. The maximum absolute atomic E-state index is 12.8. The van der Waals surface area contributed by atoms with Crippen molar-refractivity contribution < 1.29 is 9.18 Å². The average molecular weight is 311 g/mol. The van der Waals surface area contributed by atoms with Crippen LogP contribution in [0.15, 0.2) is 28.6 Å². The second-order valence-electron chi connectivity index (χ2n) is 4.19. The van der Waals surface area contributed by atoms with Crippen molar-refractivity contribution in [3.63, 3.8) is 0 Å². The zero-order valence-corrected chi connectivity index (χ0v) is 12.7. The van der Waals surface area contributed by atoms with Gasteiger partial charge >= 0.3 is 0 Å². The molecule has 1 unspecified atom stereocenters. The molecule has 0 aliphatic rings. The number of hydrogen-bond acceptors (Lipinski definition) is 5. The molecule has 2 rings (SSSR count). The summed E-state index contributed by atoms with van der Waals surface area (Å²) >= 11 is 2.85. The molecule has 0 radical (unpaired) electrons. The summed E-state index contributed by atoms with van der Waals surface area (Å²) in [5, 5.41) is 11.3. The third-order valence-electron chi connectivity index (χ3n) is 2.53. The van der Waals surface area contributed by atoms with E-state index in [1.165, 1.54) is 35.2 Å². The summed E-state index contributed by atoms with van der Waals surface area (Å²) in [6.07, 6.45) is 0. The molecule has 1 aromatic heterocycles. The number of nitrogens with zero attached hydrogens (tertiary/aromatic N) is 2. The van der Waals surface area contributed by atoms with E-state index in [0.29, 0.717) is 6.54 Å². The number of aromatic nitrogens is 2. The van der Waals surface area contributed by atoms with Crippen LogP contribution in [0.1, 0.15) is 17.5 Å². The molecule has 0 aliphatic heterocycles. The molecule has 1 N–H and O–H groups in total. The zero-order chi connectivity index (χ0) is 14.5. The number of carbonyl (C=O) groups is 1. The SMILES string of the molecule is Cc1nnc(SC(C)C(=O)NCc2ccc(F)cc2)s1. The van der Waals surface area contributed by atoms with Gasteiger partial charge in [0.2, 0.25) is 5.91 Å². The van der Waals surface area contributed by atoms with Gasteiger partial charge in [-0.3, -0.25) is 4.79 Å². The summed E-state index contributed by atoms with van der Waals surface area (Å²) in [6.45, 7) is 4.08. The van der Waals surface area contributed by atoms with E-state index in [1.807, 2.05) is 13.8 Å². The minimum atomic E-state index is -0.282. The summed E-state index contributed by atoms with van der Waals surface area (Å²) in [7, 11) is 0. The molecule has 4 nitrogen and oxygen atoms in total. The standard InChI is InChI=1S/C13H14FN3OS2/c1-8(19-13-17-16-9(2)20-13)12(18)15-7-10-3-5-11(14)6-4-10/h3-6,8H,7H2,1-2H3,(H,15,18). The van der Waals surface area contributed by atoms with Crippen LogP contribution in [0, 0.1) is 12.7 Å². The van der Waals surface area contributed by atoms with E-state index >= 15 is 0 Å².